The van der Waals surface area contributed by atoms with Crippen LogP contribution < -0.4 is 5.32 Å². The lowest BCUT2D eigenvalue weighted by Crippen LogP contribution is -2.31. The minimum absolute atomic E-state index is 0.382. The lowest BCUT2D eigenvalue weighted by Gasteiger charge is -2.26. The fraction of sp³-hybridized carbons (Fsp3) is 1.00. The Balaban J connectivity index is 3.57. The molecule has 1 N–H and O–H groups in total. The van der Waals surface area contributed by atoms with Gasteiger partial charge in [-0.15, -0.1) is 11.6 Å². The minimum atomic E-state index is 0.382. The third kappa shape index (κ3) is 10.5. The summed E-state index contributed by atoms with van der Waals surface area (Å²) in [6.07, 6.45) is 3.56. The van der Waals surface area contributed by atoms with Gasteiger partial charge in [-0.2, -0.15) is 0 Å². The van der Waals surface area contributed by atoms with E-state index >= 15 is 0 Å². The minimum Gasteiger partial charge on any atom is -0.316 e. The van der Waals surface area contributed by atoms with Crippen molar-refractivity contribution in [2.24, 2.45) is 10.8 Å². The molecule has 0 atom stereocenters. The average Bonchev–Trinajstić information content (AvgIpc) is 2.08. The molecule has 15 heavy (non-hydrogen) atoms. The Hall–Kier alpha value is 0.250. The molecule has 0 amide bonds. The molecule has 0 aliphatic heterocycles. The average molecular weight is 234 g/mol. The van der Waals surface area contributed by atoms with E-state index in [1.54, 1.807) is 0 Å². The summed E-state index contributed by atoms with van der Waals surface area (Å²) < 4.78 is 0. The number of hydrogen-bond acceptors (Lipinski definition) is 1. The van der Waals surface area contributed by atoms with Crippen LogP contribution in [0.1, 0.15) is 53.9 Å². The van der Waals surface area contributed by atoms with E-state index in [9.17, 15) is 0 Å². The Labute approximate surface area is 101 Å². The number of alkyl halides is 1. The summed E-state index contributed by atoms with van der Waals surface area (Å²) in [4.78, 5) is 0. The SMILES string of the molecule is CC(C)(C)CCNCC(C)(C)CCCCl. The summed E-state index contributed by atoms with van der Waals surface area (Å²) in [6, 6.07) is 0. The van der Waals surface area contributed by atoms with Gasteiger partial charge in [0, 0.05) is 12.4 Å². The second kappa shape index (κ2) is 6.75. The Bertz CT molecular complexity index is 158. The highest BCUT2D eigenvalue weighted by atomic mass is 35.5. The second-order valence-electron chi connectivity index (χ2n) is 6.44. The van der Waals surface area contributed by atoms with Crippen molar-refractivity contribution < 1.29 is 0 Å². The van der Waals surface area contributed by atoms with Gasteiger partial charge in [-0.25, -0.2) is 0 Å². The smallest absolute Gasteiger partial charge is 0.0223 e. The van der Waals surface area contributed by atoms with Crippen molar-refractivity contribution in [3.8, 4) is 0 Å². The first kappa shape index (κ1) is 15.2. The molecule has 0 radical (unpaired) electrons. The molecule has 92 valence electrons. The van der Waals surface area contributed by atoms with Gasteiger partial charge in [-0.05, 0) is 36.6 Å². The third-order valence-electron chi connectivity index (χ3n) is 2.64. The van der Waals surface area contributed by atoms with E-state index in [-0.39, 0.29) is 0 Å². The van der Waals surface area contributed by atoms with E-state index in [4.69, 9.17) is 11.6 Å². The number of rotatable bonds is 7. The van der Waals surface area contributed by atoms with E-state index in [1.807, 2.05) is 0 Å². The van der Waals surface area contributed by atoms with Crippen LogP contribution in [-0.4, -0.2) is 19.0 Å². The first-order valence-electron chi connectivity index (χ1n) is 6.04. The molecule has 0 aliphatic rings. The maximum atomic E-state index is 5.71. The van der Waals surface area contributed by atoms with Gasteiger partial charge in [0.25, 0.3) is 0 Å². The Kier molecular flexibility index (Phi) is 6.86. The van der Waals surface area contributed by atoms with E-state index in [0.717, 1.165) is 25.4 Å². The summed E-state index contributed by atoms with van der Waals surface area (Å²) in [7, 11) is 0. The number of halogens is 1. The molecular weight excluding hydrogens is 206 g/mol. The van der Waals surface area contributed by atoms with Gasteiger partial charge in [0.1, 0.15) is 0 Å². The molecule has 0 aromatic heterocycles. The molecule has 0 unspecified atom stereocenters. The highest BCUT2D eigenvalue weighted by Crippen LogP contribution is 2.22. The zero-order chi connectivity index (χ0) is 11.9. The predicted molar refractivity (Wildman–Crippen MR) is 70.7 cm³/mol. The van der Waals surface area contributed by atoms with Crippen LogP contribution in [-0.2, 0) is 0 Å². The molecule has 0 fully saturated rings. The molecular formula is C13H28ClN. The van der Waals surface area contributed by atoms with Crippen LogP contribution in [0.3, 0.4) is 0 Å². The van der Waals surface area contributed by atoms with Crippen LogP contribution in [0.2, 0.25) is 0 Å². The first-order chi connectivity index (χ1) is 6.77. The number of nitrogens with one attached hydrogen (secondary N) is 1. The van der Waals surface area contributed by atoms with Gasteiger partial charge in [0.2, 0.25) is 0 Å². The highest BCUT2D eigenvalue weighted by Gasteiger charge is 2.17. The molecule has 0 bridgehead atoms. The molecule has 0 aromatic rings. The quantitative estimate of drug-likeness (QED) is 0.517. The summed E-state index contributed by atoms with van der Waals surface area (Å²) in [5, 5.41) is 3.55. The maximum absolute atomic E-state index is 5.71. The van der Waals surface area contributed by atoms with Crippen molar-refractivity contribution in [1.29, 1.82) is 0 Å². The van der Waals surface area contributed by atoms with Gasteiger partial charge in [0.15, 0.2) is 0 Å². The molecule has 0 spiro atoms. The number of hydrogen-bond donors (Lipinski definition) is 1. The largest absolute Gasteiger partial charge is 0.316 e. The van der Waals surface area contributed by atoms with E-state index in [0.29, 0.717) is 10.8 Å². The van der Waals surface area contributed by atoms with Crippen LogP contribution in [0.25, 0.3) is 0 Å². The third-order valence-corrected chi connectivity index (χ3v) is 2.91. The van der Waals surface area contributed by atoms with E-state index < -0.39 is 0 Å². The van der Waals surface area contributed by atoms with Crippen LogP contribution in [0.5, 0.6) is 0 Å². The monoisotopic (exact) mass is 233 g/mol. The summed E-state index contributed by atoms with van der Waals surface area (Å²) in [5.41, 5.74) is 0.819. The molecule has 2 heteroatoms. The van der Waals surface area contributed by atoms with Crippen LogP contribution in [0.4, 0.5) is 0 Å². The zero-order valence-corrected chi connectivity index (χ0v) is 11.9. The van der Waals surface area contributed by atoms with Crippen LogP contribution in [0.15, 0.2) is 0 Å². The highest BCUT2D eigenvalue weighted by molar-refractivity contribution is 6.17. The lowest BCUT2D eigenvalue weighted by atomic mass is 9.87. The van der Waals surface area contributed by atoms with Gasteiger partial charge in [-0.1, -0.05) is 34.6 Å². The van der Waals surface area contributed by atoms with Gasteiger partial charge in [-0.3, -0.25) is 0 Å². The predicted octanol–water partition coefficient (Wildman–Crippen LogP) is 4.06. The molecule has 0 saturated carbocycles. The van der Waals surface area contributed by atoms with Crippen molar-refractivity contribution in [2.45, 2.75) is 53.9 Å². The van der Waals surface area contributed by atoms with Crippen molar-refractivity contribution in [1.82, 2.24) is 5.32 Å². The van der Waals surface area contributed by atoms with E-state index in [2.05, 4.69) is 39.9 Å². The molecule has 0 heterocycles. The lowest BCUT2D eigenvalue weighted by molar-refractivity contribution is 0.295. The Morgan fingerprint density at radius 2 is 1.60 bits per heavy atom. The normalized spacial score (nSPS) is 13.2. The van der Waals surface area contributed by atoms with Crippen molar-refractivity contribution in [2.75, 3.05) is 19.0 Å². The van der Waals surface area contributed by atoms with Crippen LogP contribution in [0, 0.1) is 10.8 Å². The molecule has 1 nitrogen and oxygen atoms in total. The summed E-state index contributed by atoms with van der Waals surface area (Å²) in [5.74, 6) is 0.783. The molecule has 0 rings (SSSR count). The Morgan fingerprint density at radius 1 is 1.00 bits per heavy atom. The summed E-state index contributed by atoms with van der Waals surface area (Å²) in [6.45, 7) is 13.7. The van der Waals surface area contributed by atoms with Gasteiger partial charge in [0.05, 0.1) is 0 Å². The molecule has 0 aromatic carbocycles. The van der Waals surface area contributed by atoms with Crippen molar-refractivity contribution in [3.05, 3.63) is 0 Å². The standard InChI is InChI=1S/C13H28ClN/c1-12(2,3)8-10-15-11-13(4,5)7-6-9-14/h15H,6-11H2,1-5H3. The maximum Gasteiger partial charge on any atom is 0.0223 e. The van der Waals surface area contributed by atoms with E-state index in [1.165, 1.54) is 12.8 Å². The van der Waals surface area contributed by atoms with Gasteiger partial charge < -0.3 is 5.32 Å². The van der Waals surface area contributed by atoms with Crippen LogP contribution >= 0.6 is 11.6 Å². The Morgan fingerprint density at radius 3 is 2.07 bits per heavy atom. The molecule has 0 saturated heterocycles. The second-order valence-corrected chi connectivity index (χ2v) is 6.82. The zero-order valence-electron chi connectivity index (χ0n) is 11.1. The topological polar surface area (TPSA) is 12.0 Å². The van der Waals surface area contributed by atoms with Crippen molar-refractivity contribution in [3.63, 3.8) is 0 Å². The fourth-order valence-electron chi connectivity index (χ4n) is 1.52. The summed E-state index contributed by atoms with van der Waals surface area (Å²) >= 11 is 5.71. The first-order valence-corrected chi connectivity index (χ1v) is 6.57. The molecule has 0 aliphatic carbocycles. The van der Waals surface area contributed by atoms with Crippen molar-refractivity contribution >= 4 is 11.6 Å². The van der Waals surface area contributed by atoms with Gasteiger partial charge >= 0.3 is 0 Å². The fourth-order valence-corrected chi connectivity index (χ4v) is 1.66.